The standard InChI is InChI=1S/C13H19N3S/c1-4-16-8-13(7-14-16)11(3)15-10(2)12-5-6-17-9-12/h5-11,15H,4H2,1-3H3. The Morgan fingerprint density at radius 3 is 2.71 bits per heavy atom. The molecular weight excluding hydrogens is 230 g/mol. The number of rotatable bonds is 5. The maximum absolute atomic E-state index is 4.30. The van der Waals surface area contributed by atoms with Crippen molar-refractivity contribution in [1.82, 2.24) is 15.1 Å². The molecule has 0 aliphatic heterocycles. The van der Waals surface area contributed by atoms with Crippen molar-refractivity contribution in [2.45, 2.75) is 39.4 Å². The van der Waals surface area contributed by atoms with E-state index in [9.17, 15) is 0 Å². The Morgan fingerprint density at radius 2 is 2.12 bits per heavy atom. The van der Waals surface area contributed by atoms with Gasteiger partial charge in [0, 0.05) is 30.4 Å². The fraction of sp³-hybridized carbons (Fsp3) is 0.462. The number of thiophene rings is 1. The maximum atomic E-state index is 4.30. The van der Waals surface area contributed by atoms with Gasteiger partial charge >= 0.3 is 0 Å². The molecule has 0 saturated heterocycles. The van der Waals surface area contributed by atoms with Gasteiger partial charge in [-0.25, -0.2) is 0 Å². The first kappa shape index (κ1) is 12.3. The van der Waals surface area contributed by atoms with E-state index in [2.05, 4.69) is 54.2 Å². The van der Waals surface area contributed by atoms with Gasteiger partial charge in [0.15, 0.2) is 0 Å². The highest BCUT2D eigenvalue weighted by atomic mass is 32.1. The third-order valence-electron chi connectivity index (χ3n) is 3.02. The molecule has 0 bridgehead atoms. The van der Waals surface area contributed by atoms with Crippen molar-refractivity contribution in [1.29, 1.82) is 0 Å². The molecule has 3 nitrogen and oxygen atoms in total. The molecule has 1 N–H and O–H groups in total. The fourth-order valence-electron chi connectivity index (χ4n) is 1.86. The zero-order valence-electron chi connectivity index (χ0n) is 10.6. The van der Waals surface area contributed by atoms with Crippen LogP contribution in [-0.2, 0) is 6.54 Å². The van der Waals surface area contributed by atoms with E-state index in [4.69, 9.17) is 0 Å². The van der Waals surface area contributed by atoms with Crippen molar-refractivity contribution in [2.75, 3.05) is 0 Å². The Labute approximate surface area is 106 Å². The quantitative estimate of drug-likeness (QED) is 0.880. The number of aromatic nitrogens is 2. The van der Waals surface area contributed by atoms with E-state index in [1.165, 1.54) is 11.1 Å². The second kappa shape index (κ2) is 5.47. The minimum atomic E-state index is 0.324. The predicted molar refractivity (Wildman–Crippen MR) is 72.2 cm³/mol. The summed E-state index contributed by atoms with van der Waals surface area (Å²) >= 11 is 1.74. The molecule has 2 rings (SSSR count). The fourth-order valence-corrected chi connectivity index (χ4v) is 2.62. The summed E-state index contributed by atoms with van der Waals surface area (Å²) in [6.07, 6.45) is 4.06. The molecule has 17 heavy (non-hydrogen) atoms. The van der Waals surface area contributed by atoms with Gasteiger partial charge in [0.05, 0.1) is 6.20 Å². The average molecular weight is 249 g/mol. The first-order chi connectivity index (χ1) is 8.20. The first-order valence-electron chi connectivity index (χ1n) is 6.01. The van der Waals surface area contributed by atoms with Gasteiger partial charge in [-0.1, -0.05) is 0 Å². The van der Waals surface area contributed by atoms with E-state index in [1.54, 1.807) is 11.3 Å². The molecule has 0 spiro atoms. The van der Waals surface area contributed by atoms with Gasteiger partial charge in [-0.2, -0.15) is 16.4 Å². The Kier molecular flexibility index (Phi) is 3.97. The molecule has 0 aliphatic carbocycles. The number of nitrogens with one attached hydrogen (secondary N) is 1. The number of hydrogen-bond donors (Lipinski definition) is 1. The largest absolute Gasteiger partial charge is 0.304 e. The molecule has 2 heterocycles. The zero-order valence-corrected chi connectivity index (χ0v) is 11.4. The van der Waals surface area contributed by atoms with E-state index in [0.717, 1.165) is 6.54 Å². The third kappa shape index (κ3) is 2.96. The summed E-state index contributed by atoms with van der Waals surface area (Å²) in [6.45, 7) is 7.40. The Bertz CT molecular complexity index is 447. The van der Waals surface area contributed by atoms with Gasteiger partial charge in [-0.05, 0) is 43.2 Å². The van der Waals surface area contributed by atoms with Crippen molar-refractivity contribution < 1.29 is 0 Å². The molecule has 0 radical (unpaired) electrons. The molecule has 0 amide bonds. The molecule has 92 valence electrons. The van der Waals surface area contributed by atoms with Crippen LogP contribution in [-0.4, -0.2) is 9.78 Å². The van der Waals surface area contributed by atoms with Gasteiger partial charge in [-0.15, -0.1) is 0 Å². The topological polar surface area (TPSA) is 29.9 Å². The van der Waals surface area contributed by atoms with E-state index in [0.29, 0.717) is 12.1 Å². The zero-order chi connectivity index (χ0) is 12.3. The molecule has 2 aromatic heterocycles. The maximum Gasteiger partial charge on any atom is 0.0537 e. The van der Waals surface area contributed by atoms with Crippen LogP contribution in [0, 0.1) is 0 Å². The van der Waals surface area contributed by atoms with Gasteiger partial charge < -0.3 is 5.32 Å². The first-order valence-corrected chi connectivity index (χ1v) is 6.95. The number of aryl methyl sites for hydroxylation is 1. The summed E-state index contributed by atoms with van der Waals surface area (Å²) in [5.41, 5.74) is 2.60. The normalized spacial score (nSPS) is 14.8. The predicted octanol–water partition coefficient (Wildman–Crippen LogP) is 3.38. The van der Waals surface area contributed by atoms with Crippen molar-refractivity contribution in [3.63, 3.8) is 0 Å². The minimum absolute atomic E-state index is 0.324. The molecule has 0 saturated carbocycles. The Balaban J connectivity index is 1.99. The lowest BCUT2D eigenvalue weighted by molar-refractivity contribution is 0.495. The monoisotopic (exact) mass is 249 g/mol. The summed E-state index contributed by atoms with van der Waals surface area (Å²) in [7, 11) is 0. The average Bonchev–Trinajstić information content (AvgIpc) is 3.00. The van der Waals surface area contributed by atoms with Crippen LogP contribution in [0.3, 0.4) is 0 Å². The summed E-state index contributed by atoms with van der Waals surface area (Å²) < 4.78 is 1.96. The summed E-state index contributed by atoms with van der Waals surface area (Å²) in [4.78, 5) is 0. The van der Waals surface area contributed by atoms with Crippen LogP contribution in [0.2, 0.25) is 0 Å². The molecule has 2 aromatic rings. The van der Waals surface area contributed by atoms with Crippen LogP contribution in [0.25, 0.3) is 0 Å². The minimum Gasteiger partial charge on any atom is -0.304 e. The van der Waals surface area contributed by atoms with Crippen LogP contribution in [0.5, 0.6) is 0 Å². The van der Waals surface area contributed by atoms with Crippen LogP contribution in [0.4, 0.5) is 0 Å². The van der Waals surface area contributed by atoms with Gasteiger partial charge in [0.2, 0.25) is 0 Å². The molecular formula is C13H19N3S. The smallest absolute Gasteiger partial charge is 0.0537 e. The SMILES string of the molecule is CCn1cc(C(C)NC(C)c2ccsc2)cn1. The lowest BCUT2D eigenvalue weighted by Gasteiger charge is -2.18. The molecule has 4 heteroatoms. The molecule has 2 atom stereocenters. The van der Waals surface area contributed by atoms with Gasteiger partial charge in [0.1, 0.15) is 0 Å². The molecule has 0 aromatic carbocycles. The second-order valence-corrected chi connectivity index (χ2v) is 5.08. The van der Waals surface area contributed by atoms with Crippen molar-refractivity contribution >= 4 is 11.3 Å². The van der Waals surface area contributed by atoms with Crippen LogP contribution >= 0.6 is 11.3 Å². The van der Waals surface area contributed by atoms with Crippen LogP contribution in [0.15, 0.2) is 29.2 Å². The lowest BCUT2D eigenvalue weighted by Crippen LogP contribution is -2.21. The highest BCUT2D eigenvalue weighted by Crippen LogP contribution is 2.20. The van der Waals surface area contributed by atoms with E-state index < -0.39 is 0 Å². The van der Waals surface area contributed by atoms with Gasteiger partial charge in [0.25, 0.3) is 0 Å². The summed E-state index contributed by atoms with van der Waals surface area (Å²) in [5, 5.41) is 12.2. The summed E-state index contributed by atoms with van der Waals surface area (Å²) in [6, 6.07) is 2.87. The summed E-state index contributed by atoms with van der Waals surface area (Å²) in [5.74, 6) is 0. The van der Waals surface area contributed by atoms with E-state index >= 15 is 0 Å². The molecule has 0 fully saturated rings. The highest BCUT2D eigenvalue weighted by molar-refractivity contribution is 7.07. The van der Waals surface area contributed by atoms with Crippen molar-refractivity contribution in [3.05, 3.63) is 40.3 Å². The van der Waals surface area contributed by atoms with Crippen LogP contribution < -0.4 is 5.32 Å². The van der Waals surface area contributed by atoms with Crippen LogP contribution in [0.1, 0.15) is 44.0 Å². The van der Waals surface area contributed by atoms with Crippen molar-refractivity contribution in [2.24, 2.45) is 0 Å². The lowest BCUT2D eigenvalue weighted by atomic mass is 10.1. The number of hydrogen-bond acceptors (Lipinski definition) is 3. The van der Waals surface area contributed by atoms with Gasteiger partial charge in [-0.3, -0.25) is 4.68 Å². The Morgan fingerprint density at radius 1 is 1.35 bits per heavy atom. The van der Waals surface area contributed by atoms with E-state index in [1.807, 2.05) is 10.9 Å². The van der Waals surface area contributed by atoms with E-state index in [-0.39, 0.29) is 0 Å². The molecule has 0 aliphatic rings. The molecule has 2 unspecified atom stereocenters. The third-order valence-corrected chi connectivity index (χ3v) is 3.72. The highest BCUT2D eigenvalue weighted by Gasteiger charge is 2.12. The second-order valence-electron chi connectivity index (χ2n) is 4.30. The Hall–Kier alpha value is -1.13. The van der Waals surface area contributed by atoms with Crippen molar-refractivity contribution in [3.8, 4) is 0 Å². The number of nitrogens with zero attached hydrogens (tertiary/aromatic N) is 2.